The number of rotatable bonds is 4. The van der Waals surface area contributed by atoms with Crippen molar-refractivity contribution in [2.45, 2.75) is 31.4 Å². The molecule has 0 bridgehead atoms. The molecule has 116 valence electrons. The van der Waals surface area contributed by atoms with Gasteiger partial charge < -0.3 is 14.4 Å². The lowest BCUT2D eigenvalue weighted by molar-refractivity contribution is 0.0641. The van der Waals surface area contributed by atoms with Crippen molar-refractivity contribution in [2.24, 2.45) is 0 Å². The zero-order chi connectivity index (χ0) is 15.5. The van der Waals surface area contributed by atoms with Gasteiger partial charge in [0.05, 0.1) is 6.26 Å². The number of carbonyl (C=O) groups excluding carboxylic acids is 1. The fraction of sp³-hybridized carbons (Fsp3) is 0.353. The molecular formula is C17H18ClNO3. The van der Waals surface area contributed by atoms with Gasteiger partial charge in [-0.15, -0.1) is 0 Å². The molecule has 1 aliphatic rings. The lowest BCUT2D eigenvalue weighted by Gasteiger charge is -2.26. The van der Waals surface area contributed by atoms with Crippen LogP contribution in [-0.2, 0) is 0 Å². The van der Waals surface area contributed by atoms with Crippen LogP contribution in [0.25, 0.3) is 0 Å². The van der Waals surface area contributed by atoms with Crippen LogP contribution in [0.15, 0.2) is 47.1 Å². The first kappa shape index (κ1) is 15.1. The highest BCUT2D eigenvalue weighted by Gasteiger charge is 2.31. The van der Waals surface area contributed by atoms with E-state index < -0.39 is 6.10 Å². The maximum atomic E-state index is 12.6. The first-order valence-electron chi connectivity index (χ1n) is 7.43. The van der Waals surface area contributed by atoms with E-state index >= 15 is 0 Å². The van der Waals surface area contributed by atoms with E-state index in [0.717, 1.165) is 12.8 Å². The molecule has 0 unspecified atom stereocenters. The first-order chi connectivity index (χ1) is 10.6. The summed E-state index contributed by atoms with van der Waals surface area (Å²) in [7, 11) is 0. The molecule has 3 rings (SSSR count). The molecule has 1 aromatic heterocycles. The van der Waals surface area contributed by atoms with Gasteiger partial charge in [0.2, 0.25) is 0 Å². The molecular weight excluding hydrogens is 302 g/mol. The molecule has 1 saturated heterocycles. The number of aliphatic hydroxyl groups is 1. The predicted molar refractivity (Wildman–Crippen MR) is 83.8 cm³/mol. The van der Waals surface area contributed by atoms with Crippen LogP contribution in [-0.4, -0.2) is 28.5 Å². The Hall–Kier alpha value is -1.78. The summed E-state index contributed by atoms with van der Waals surface area (Å²) in [5.41, 5.74) is 0.590. The van der Waals surface area contributed by atoms with E-state index in [2.05, 4.69) is 0 Å². The quantitative estimate of drug-likeness (QED) is 0.935. The van der Waals surface area contributed by atoms with Crippen LogP contribution >= 0.6 is 11.6 Å². The number of nitrogens with zero attached hydrogens (tertiary/aromatic N) is 1. The van der Waals surface area contributed by atoms with Crippen molar-refractivity contribution < 1.29 is 14.3 Å². The third-order valence-electron chi connectivity index (χ3n) is 4.08. The second kappa shape index (κ2) is 6.55. The van der Waals surface area contributed by atoms with E-state index in [-0.39, 0.29) is 11.9 Å². The first-order valence-corrected chi connectivity index (χ1v) is 7.81. The number of carbonyl (C=O) groups is 1. The lowest BCUT2D eigenvalue weighted by Crippen LogP contribution is -2.36. The van der Waals surface area contributed by atoms with E-state index in [0.29, 0.717) is 29.3 Å². The molecule has 1 aromatic carbocycles. The molecule has 22 heavy (non-hydrogen) atoms. The summed E-state index contributed by atoms with van der Waals surface area (Å²) in [4.78, 5) is 14.5. The zero-order valence-electron chi connectivity index (χ0n) is 12.1. The van der Waals surface area contributed by atoms with E-state index in [9.17, 15) is 9.90 Å². The molecule has 2 aromatic rings. The largest absolute Gasteiger partial charge is 0.467 e. The Bertz CT molecular complexity index is 641. The van der Waals surface area contributed by atoms with Crippen molar-refractivity contribution >= 4 is 17.5 Å². The Kier molecular flexibility index (Phi) is 4.50. The SMILES string of the molecule is O=C(c1cccc(Cl)c1)N1CCC[C@H]1C[C@@H](O)c1ccco1. The van der Waals surface area contributed by atoms with Crippen LogP contribution in [0.3, 0.4) is 0 Å². The second-order valence-electron chi connectivity index (χ2n) is 5.57. The summed E-state index contributed by atoms with van der Waals surface area (Å²) in [6.07, 6.45) is 3.18. The van der Waals surface area contributed by atoms with Gasteiger partial charge in [-0.1, -0.05) is 17.7 Å². The molecule has 0 aliphatic carbocycles. The molecule has 1 N–H and O–H groups in total. The number of hydrogen-bond acceptors (Lipinski definition) is 3. The van der Waals surface area contributed by atoms with Gasteiger partial charge in [0.15, 0.2) is 0 Å². The molecule has 1 aliphatic heterocycles. The van der Waals surface area contributed by atoms with E-state index in [1.807, 2.05) is 4.90 Å². The molecule has 5 heteroatoms. The number of halogens is 1. The number of amides is 1. The van der Waals surface area contributed by atoms with Gasteiger partial charge in [0.1, 0.15) is 11.9 Å². The van der Waals surface area contributed by atoms with Crippen molar-refractivity contribution in [1.82, 2.24) is 4.90 Å². The summed E-state index contributed by atoms with van der Waals surface area (Å²) >= 11 is 5.96. The van der Waals surface area contributed by atoms with Gasteiger partial charge in [0, 0.05) is 29.6 Å². The fourth-order valence-electron chi connectivity index (χ4n) is 2.99. The highest BCUT2D eigenvalue weighted by atomic mass is 35.5. The number of likely N-dealkylation sites (tertiary alicyclic amines) is 1. The van der Waals surface area contributed by atoms with Gasteiger partial charge in [-0.2, -0.15) is 0 Å². The third-order valence-corrected chi connectivity index (χ3v) is 4.31. The van der Waals surface area contributed by atoms with Crippen LogP contribution in [0.4, 0.5) is 0 Å². The van der Waals surface area contributed by atoms with Gasteiger partial charge in [-0.3, -0.25) is 4.79 Å². The topological polar surface area (TPSA) is 53.7 Å². The number of aliphatic hydroxyl groups excluding tert-OH is 1. The Labute approximate surface area is 134 Å². The monoisotopic (exact) mass is 319 g/mol. The maximum absolute atomic E-state index is 12.6. The van der Waals surface area contributed by atoms with Crippen LogP contribution in [0, 0.1) is 0 Å². The standard InChI is InChI=1S/C17H18ClNO3/c18-13-5-1-4-12(10-13)17(21)19-8-2-6-14(19)11-15(20)16-7-3-9-22-16/h1,3-5,7,9-10,14-15,20H,2,6,8,11H2/t14-,15+/m0/s1. The average Bonchev–Trinajstić information content (AvgIpc) is 3.18. The van der Waals surface area contributed by atoms with Crippen molar-refractivity contribution in [3.8, 4) is 0 Å². The summed E-state index contributed by atoms with van der Waals surface area (Å²) < 4.78 is 5.23. The third kappa shape index (κ3) is 3.18. The molecule has 1 amide bonds. The van der Waals surface area contributed by atoms with Crippen molar-refractivity contribution in [2.75, 3.05) is 6.54 Å². The molecule has 0 radical (unpaired) electrons. The lowest BCUT2D eigenvalue weighted by atomic mass is 10.0. The smallest absolute Gasteiger partial charge is 0.254 e. The Morgan fingerprint density at radius 1 is 1.41 bits per heavy atom. The molecule has 2 heterocycles. The average molecular weight is 320 g/mol. The van der Waals surface area contributed by atoms with Crippen molar-refractivity contribution in [3.63, 3.8) is 0 Å². The van der Waals surface area contributed by atoms with Crippen LogP contribution in [0.5, 0.6) is 0 Å². The van der Waals surface area contributed by atoms with Gasteiger partial charge in [-0.05, 0) is 43.2 Å². The predicted octanol–water partition coefficient (Wildman–Crippen LogP) is 3.66. The molecule has 0 spiro atoms. The summed E-state index contributed by atoms with van der Waals surface area (Å²) in [6, 6.07) is 10.5. The van der Waals surface area contributed by atoms with E-state index in [1.165, 1.54) is 0 Å². The van der Waals surface area contributed by atoms with E-state index in [4.69, 9.17) is 16.0 Å². The van der Waals surface area contributed by atoms with Crippen molar-refractivity contribution in [1.29, 1.82) is 0 Å². The van der Waals surface area contributed by atoms with Crippen molar-refractivity contribution in [3.05, 3.63) is 59.0 Å². The summed E-state index contributed by atoms with van der Waals surface area (Å²) in [5, 5.41) is 10.8. The second-order valence-corrected chi connectivity index (χ2v) is 6.01. The Balaban J connectivity index is 1.71. The Morgan fingerprint density at radius 2 is 2.27 bits per heavy atom. The minimum Gasteiger partial charge on any atom is -0.467 e. The fourth-order valence-corrected chi connectivity index (χ4v) is 3.18. The number of furan rings is 1. The maximum Gasteiger partial charge on any atom is 0.254 e. The highest BCUT2D eigenvalue weighted by Crippen LogP contribution is 2.29. The molecule has 1 fully saturated rings. The normalized spacial score (nSPS) is 19.4. The minimum atomic E-state index is -0.687. The van der Waals surface area contributed by atoms with Crippen LogP contribution in [0.1, 0.15) is 41.5 Å². The highest BCUT2D eigenvalue weighted by molar-refractivity contribution is 6.30. The number of hydrogen-bond donors (Lipinski definition) is 1. The van der Waals surface area contributed by atoms with Gasteiger partial charge in [-0.25, -0.2) is 0 Å². The zero-order valence-corrected chi connectivity index (χ0v) is 12.9. The van der Waals surface area contributed by atoms with Crippen LogP contribution in [0.2, 0.25) is 5.02 Å². The van der Waals surface area contributed by atoms with Gasteiger partial charge >= 0.3 is 0 Å². The van der Waals surface area contributed by atoms with Crippen LogP contribution < -0.4 is 0 Å². The van der Waals surface area contributed by atoms with E-state index in [1.54, 1.807) is 42.7 Å². The summed E-state index contributed by atoms with van der Waals surface area (Å²) in [5.74, 6) is 0.513. The molecule has 2 atom stereocenters. The summed E-state index contributed by atoms with van der Waals surface area (Å²) in [6.45, 7) is 0.709. The Morgan fingerprint density at radius 3 is 3.00 bits per heavy atom. The molecule has 0 saturated carbocycles. The van der Waals surface area contributed by atoms with Gasteiger partial charge in [0.25, 0.3) is 5.91 Å². The minimum absolute atomic E-state index is 0.0200. The number of benzene rings is 1. The molecule has 4 nitrogen and oxygen atoms in total.